The molecule has 5 nitrogen and oxygen atoms in total. The third kappa shape index (κ3) is 2.99. The number of benzene rings is 1. The van der Waals surface area contributed by atoms with Crippen LogP contribution in [0.1, 0.15) is 42.3 Å². The van der Waals surface area contributed by atoms with E-state index in [1.54, 1.807) is 0 Å². The van der Waals surface area contributed by atoms with Gasteiger partial charge in [0, 0.05) is 0 Å². The average molecular weight is 275 g/mol. The lowest BCUT2D eigenvalue weighted by atomic mass is 10.1. The smallest absolute Gasteiger partial charge is 0.264 e. The summed E-state index contributed by atoms with van der Waals surface area (Å²) in [5, 5.41) is 3.87. The summed E-state index contributed by atoms with van der Waals surface area (Å²) in [6.45, 7) is 10.0. The van der Waals surface area contributed by atoms with Crippen LogP contribution in [0.2, 0.25) is 0 Å². The van der Waals surface area contributed by atoms with Crippen LogP contribution in [0.3, 0.4) is 0 Å². The van der Waals surface area contributed by atoms with E-state index >= 15 is 0 Å². The van der Waals surface area contributed by atoms with Crippen molar-refractivity contribution in [2.75, 3.05) is 0 Å². The summed E-state index contributed by atoms with van der Waals surface area (Å²) in [5.74, 6) is 1.78. The first-order chi connectivity index (χ1) is 9.29. The molecule has 0 fully saturated rings. The first kappa shape index (κ1) is 14.5. The highest BCUT2D eigenvalue weighted by Gasteiger charge is 2.21. The van der Waals surface area contributed by atoms with Gasteiger partial charge in [0.2, 0.25) is 0 Å². The minimum atomic E-state index is -0.614. The topological polar surface area (TPSA) is 74.2 Å². The second-order valence-corrected chi connectivity index (χ2v) is 5.68. The van der Waals surface area contributed by atoms with E-state index < -0.39 is 5.54 Å². The molecule has 0 aliphatic heterocycles. The van der Waals surface area contributed by atoms with Crippen molar-refractivity contribution in [1.82, 2.24) is 10.1 Å². The van der Waals surface area contributed by atoms with Crippen molar-refractivity contribution in [2.45, 2.75) is 46.8 Å². The Kier molecular flexibility index (Phi) is 3.81. The molecule has 1 heterocycles. The fourth-order valence-electron chi connectivity index (χ4n) is 1.86. The maximum absolute atomic E-state index is 5.92. The molecule has 20 heavy (non-hydrogen) atoms. The molecule has 0 unspecified atom stereocenters. The minimum Gasteiger partial charge on any atom is -0.483 e. The maximum atomic E-state index is 5.92. The number of aromatic nitrogens is 2. The first-order valence-electron chi connectivity index (χ1n) is 6.60. The Bertz CT molecular complexity index is 612. The van der Waals surface area contributed by atoms with Gasteiger partial charge in [-0.3, -0.25) is 0 Å². The van der Waals surface area contributed by atoms with Crippen LogP contribution in [0, 0.1) is 20.8 Å². The molecule has 2 aromatic rings. The largest absolute Gasteiger partial charge is 0.483 e. The number of hydrogen-bond donors (Lipinski definition) is 1. The highest BCUT2D eigenvalue weighted by atomic mass is 16.5. The van der Waals surface area contributed by atoms with Crippen LogP contribution in [-0.2, 0) is 12.1 Å². The Hall–Kier alpha value is -1.88. The van der Waals surface area contributed by atoms with Gasteiger partial charge in [-0.1, -0.05) is 17.3 Å². The zero-order valence-corrected chi connectivity index (χ0v) is 12.7. The van der Waals surface area contributed by atoms with Gasteiger partial charge in [-0.2, -0.15) is 4.98 Å². The molecule has 0 radical (unpaired) electrons. The molecular weight excluding hydrogens is 254 g/mol. The molecule has 0 aliphatic rings. The second-order valence-electron chi connectivity index (χ2n) is 5.68. The van der Waals surface area contributed by atoms with E-state index in [4.69, 9.17) is 15.0 Å². The minimum absolute atomic E-state index is 0.244. The summed E-state index contributed by atoms with van der Waals surface area (Å²) >= 11 is 0. The molecule has 0 saturated heterocycles. The van der Waals surface area contributed by atoms with Gasteiger partial charge in [0.1, 0.15) is 5.75 Å². The van der Waals surface area contributed by atoms with Gasteiger partial charge >= 0.3 is 0 Å². The molecule has 0 saturated carbocycles. The third-order valence-corrected chi connectivity index (χ3v) is 3.26. The summed E-state index contributed by atoms with van der Waals surface area (Å²) in [6, 6.07) is 4.12. The van der Waals surface area contributed by atoms with Crippen LogP contribution in [0.25, 0.3) is 0 Å². The van der Waals surface area contributed by atoms with Gasteiger partial charge < -0.3 is 15.0 Å². The van der Waals surface area contributed by atoms with Crippen molar-refractivity contribution in [3.8, 4) is 5.75 Å². The van der Waals surface area contributed by atoms with Gasteiger partial charge in [-0.05, 0) is 51.3 Å². The van der Waals surface area contributed by atoms with E-state index in [0.717, 1.165) is 16.9 Å². The molecule has 0 spiro atoms. The Morgan fingerprint density at radius 1 is 1.20 bits per heavy atom. The van der Waals surface area contributed by atoms with Crippen molar-refractivity contribution in [3.63, 3.8) is 0 Å². The Balaban J connectivity index is 2.14. The molecule has 0 aliphatic carbocycles. The Labute approximate surface area is 119 Å². The highest BCUT2D eigenvalue weighted by Crippen LogP contribution is 2.26. The van der Waals surface area contributed by atoms with Crippen molar-refractivity contribution < 1.29 is 9.26 Å². The lowest BCUT2D eigenvalue weighted by Crippen LogP contribution is -2.30. The van der Waals surface area contributed by atoms with E-state index in [2.05, 4.69) is 23.1 Å². The highest BCUT2D eigenvalue weighted by molar-refractivity contribution is 5.44. The van der Waals surface area contributed by atoms with E-state index in [1.807, 2.05) is 33.8 Å². The standard InChI is InChI=1S/C15H21N3O2/c1-9-6-7-10(2)13(11(9)3)19-8-12-17-14(18-20-12)15(4,5)16/h6-7H,8,16H2,1-5H3. The van der Waals surface area contributed by atoms with Gasteiger partial charge in [0.25, 0.3) is 5.89 Å². The zero-order valence-electron chi connectivity index (χ0n) is 12.7. The molecule has 2 rings (SSSR count). The number of hydrogen-bond acceptors (Lipinski definition) is 5. The number of nitrogens with two attached hydrogens (primary N) is 1. The van der Waals surface area contributed by atoms with Gasteiger partial charge in [-0.15, -0.1) is 0 Å². The fourth-order valence-corrected chi connectivity index (χ4v) is 1.86. The monoisotopic (exact) mass is 275 g/mol. The fraction of sp³-hybridized carbons (Fsp3) is 0.467. The molecule has 108 valence electrons. The summed E-state index contributed by atoms with van der Waals surface area (Å²) in [5.41, 5.74) is 8.72. The maximum Gasteiger partial charge on any atom is 0.264 e. The van der Waals surface area contributed by atoms with Crippen molar-refractivity contribution >= 4 is 0 Å². The summed E-state index contributed by atoms with van der Waals surface area (Å²) in [6.07, 6.45) is 0. The average Bonchev–Trinajstić information content (AvgIpc) is 2.83. The van der Waals surface area contributed by atoms with E-state index in [9.17, 15) is 0 Å². The van der Waals surface area contributed by atoms with Crippen molar-refractivity contribution in [2.24, 2.45) is 5.73 Å². The Morgan fingerprint density at radius 3 is 2.45 bits per heavy atom. The van der Waals surface area contributed by atoms with Crippen LogP contribution in [0.5, 0.6) is 5.75 Å². The van der Waals surface area contributed by atoms with Gasteiger partial charge in [0.05, 0.1) is 5.54 Å². The lowest BCUT2D eigenvalue weighted by Gasteiger charge is -2.12. The number of ether oxygens (including phenoxy) is 1. The summed E-state index contributed by atoms with van der Waals surface area (Å²) in [4.78, 5) is 4.25. The molecular formula is C15H21N3O2. The van der Waals surface area contributed by atoms with Crippen LogP contribution >= 0.6 is 0 Å². The molecule has 0 amide bonds. The van der Waals surface area contributed by atoms with E-state index in [1.165, 1.54) is 5.56 Å². The van der Waals surface area contributed by atoms with Crippen LogP contribution in [0.15, 0.2) is 16.7 Å². The molecule has 2 N–H and O–H groups in total. The molecule has 1 aromatic heterocycles. The number of rotatable bonds is 4. The quantitative estimate of drug-likeness (QED) is 0.928. The van der Waals surface area contributed by atoms with Crippen LogP contribution in [0.4, 0.5) is 0 Å². The van der Waals surface area contributed by atoms with E-state index in [-0.39, 0.29) is 6.61 Å². The van der Waals surface area contributed by atoms with Gasteiger partial charge in [0.15, 0.2) is 12.4 Å². The number of nitrogens with zero attached hydrogens (tertiary/aromatic N) is 2. The molecule has 0 atom stereocenters. The lowest BCUT2D eigenvalue weighted by molar-refractivity contribution is 0.239. The summed E-state index contributed by atoms with van der Waals surface area (Å²) in [7, 11) is 0. The normalized spacial score (nSPS) is 11.7. The molecule has 5 heteroatoms. The molecule has 0 bridgehead atoms. The van der Waals surface area contributed by atoms with Crippen molar-refractivity contribution in [3.05, 3.63) is 40.5 Å². The number of aryl methyl sites for hydroxylation is 2. The predicted octanol–water partition coefficient (Wildman–Crippen LogP) is 2.77. The SMILES string of the molecule is Cc1ccc(C)c(OCc2nc(C(C)(C)N)no2)c1C. The van der Waals surface area contributed by atoms with Crippen LogP contribution in [-0.4, -0.2) is 10.1 Å². The Morgan fingerprint density at radius 2 is 1.85 bits per heavy atom. The van der Waals surface area contributed by atoms with E-state index in [0.29, 0.717) is 11.7 Å². The van der Waals surface area contributed by atoms with Crippen molar-refractivity contribution in [1.29, 1.82) is 0 Å². The second kappa shape index (κ2) is 5.25. The zero-order chi connectivity index (χ0) is 14.9. The van der Waals surface area contributed by atoms with Crippen LogP contribution < -0.4 is 10.5 Å². The summed E-state index contributed by atoms with van der Waals surface area (Å²) < 4.78 is 11.0. The van der Waals surface area contributed by atoms with Gasteiger partial charge in [-0.25, -0.2) is 0 Å². The predicted molar refractivity (Wildman–Crippen MR) is 76.5 cm³/mol. The third-order valence-electron chi connectivity index (χ3n) is 3.26. The first-order valence-corrected chi connectivity index (χ1v) is 6.60. The molecule has 1 aromatic carbocycles.